The summed E-state index contributed by atoms with van der Waals surface area (Å²) in [4.78, 5) is 28.4. The van der Waals surface area contributed by atoms with Crippen LogP contribution in [0.15, 0.2) is 47.4 Å². The van der Waals surface area contributed by atoms with Crippen molar-refractivity contribution in [1.82, 2.24) is 10.1 Å². The van der Waals surface area contributed by atoms with Crippen molar-refractivity contribution in [3.05, 3.63) is 47.9 Å². The lowest BCUT2D eigenvalue weighted by molar-refractivity contribution is -0.782. The molecule has 3 rings (SSSR count). The molecule has 0 saturated heterocycles. The highest BCUT2D eigenvalue weighted by Crippen LogP contribution is 2.15. The third-order valence-corrected chi connectivity index (χ3v) is 3.30. The number of carbonyl (C=O) groups is 2. The van der Waals surface area contributed by atoms with Crippen LogP contribution in [-0.4, -0.2) is 35.8 Å². The van der Waals surface area contributed by atoms with Gasteiger partial charge in [0.25, 0.3) is 0 Å². The Morgan fingerprint density at radius 2 is 2.32 bits per heavy atom. The van der Waals surface area contributed by atoms with E-state index in [4.69, 9.17) is 4.74 Å². The molecule has 0 fully saturated rings. The summed E-state index contributed by atoms with van der Waals surface area (Å²) in [5.41, 5.74) is 1.50. The monoisotopic (exact) mass is 343 g/mol. The van der Waals surface area contributed by atoms with Gasteiger partial charge in [0.1, 0.15) is 6.61 Å². The van der Waals surface area contributed by atoms with Gasteiger partial charge in [0.2, 0.25) is 17.4 Å². The number of hydrogen-bond acceptors (Lipinski definition) is 7. The molecule has 2 amide bonds. The maximum atomic E-state index is 11.8. The average molecular weight is 343 g/mol. The maximum absolute atomic E-state index is 11.8. The second-order valence-corrected chi connectivity index (χ2v) is 4.90. The smallest absolute Gasteiger partial charge is 0.411 e. The van der Waals surface area contributed by atoms with E-state index in [9.17, 15) is 14.8 Å². The Bertz CT molecular complexity index is 882. The van der Waals surface area contributed by atoms with Crippen LogP contribution in [0.25, 0.3) is 11.0 Å². The molecule has 0 aliphatic heterocycles. The van der Waals surface area contributed by atoms with Crippen molar-refractivity contribution < 1.29 is 23.9 Å². The minimum atomic E-state index is -0.717. The molecule has 0 atom stereocenters. The van der Waals surface area contributed by atoms with Gasteiger partial charge in [-0.3, -0.25) is 19.7 Å². The number of nitrogens with one attached hydrogen (secondary N) is 1. The second-order valence-electron chi connectivity index (χ2n) is 4.90. The Morgan fingerprint density at radius 3 is 3.08 bits per heavy atom. The van der Waals surface area contributed by atoms with Crippen molar-refractivity contribution in [3.63, 3.8) is 0 Å². The zero-order valence-corrected chi connectivity index (χ0v) is 12.9. The maximum Gasteiger partial charge on any atom is 0.411 e. The van der Waals surface area contributed by atoms with Crippen molar-refractivity contribution in [2.24, 2.45) is 0 Å². The van der Waals surface area contributed by atoms with Crippen molar-refractivity contribution in [2.45, 2.75) is 0 Å². The first-order chi connectivity index (χ1) is 12.2. The lowest BCUT2D eigenvalue weighted by Gasteiger charge is -2.16. The van der Waals surface area contributed by atoms with E-state index >= 15 is 0 Å². The second kappa shape index (κ2) is 7.25. The van der Waals surface area contributed by atoms with Gasteiger partial charge in [-0.1, -0.05) is 0 Å². The minimum Gasteiger partial charge on any atom is -0.447 e. The molecule has 1 N–H and O–H groups in total. The summed E-state index contributed by atoms with van der Waals surface area (Å²) >= 11 is 0. The highest BCUT2D eigenvalue weighted by atomic mass is 16.8. The molecule has 25 heavy (non-hydrogen) atoms. The standard InChI is InChI=1S/C15H13N5O5/c21-10-19(12-2-1-5-16-9-12)6-7-24-15(22)17-11-3-4-13-14(8-11)20(23)25-18-13/h1-5,8-10H,6-7H2,(H,17,22). The van der Waals surface area contributed by atoms with Crippen LogP contribution in [0.1, 0.15) is 0 Å². The first kappa shape index (κ1) is 16.2. The topological polar surface area (TPSA) is 124 Å². The Balaban J connectivity index is 1.53. The Morgan fingerprint density at radius 1 is 1.44 bits per heavy atom. The van der Waals surface area contributed by atoms with E-state index in [1.54, 1.807) is 24.4 Å². The summed E-state index contributed by atoms with van der Waals surface area (Å²) in [6.45, 7) is 0.157. The Labute approximate surface area is 141 Å². The number of hydrogen-bond donors (Lipinski definition) is 1. The van der Waals surface area contributed by atoms with Gasteiger partial charge in [0.15, 0.2) is 0 Å². The molecule has 10 heteroatoms. The van der Waals surface area contributed by atoms with Gasteiger partial charge < -0.3 is 14.8 Å². The minimum absolute atomic E-state index is 0.0173. The number of nitrogens with zero attached hydrogens (tertiary/aromatic N) is 4. The first-order valence-corrected chi connectivity index (χ1v) is 7.22. The van der Waals surface area contributed by atoms with Crippen LogP contribution in [0.2, 0.25) is 0 Å². The fourth-order valence-electron chi connectivity index (χ4n) is 2.11. The summed E-state index contributed by atoms with van der Waals surface area (Å²) in [5.74, 6) is 0. The summed E-state index contributed by atoms with van der Waals surface area (Å²) in [5, 5.41) is 17.3. The summed E-state index contributed by atoms with van der Waals surface area (Å²) in [6, 6.07) is 7.91. The molecule has 0 unspecified atom stereocenters. The number of fused-ring (bicyclic) bond motifs is 1. The van der Waals surface area contributed by atoms with Crippen molar-refractivity contribution in [1.29, 1.82) is 0 Å². The number of ether oxygens (including phenoxy) is 1. The Hall–Kier alpha value is -3.69. The van der Waals surface area contributed by atoms with Crippen molar-refractivity contribution in [3.8, 4) is 0 Å². The number of amides is 2. The highest BCUT2D eigenvalue weighted by Gasteiger charge is 2.12. The van der Waals surface area contributed by atoms with Gasteiger partial charge in [-0.05, 0) is 29.2 Å². The molecule has 0 bridgehead atoms. The number of rotatable bonds is 6. The third kappa shape index (κ3) is 3.80. The SMILES string of the molecule is O=CN(CCOC(=O)Nc1ccc2no[n+]([O-])c2c1)c1cccnc1. The molecule has 2 aromatic heterocycles. The number of carbonyl (C=O) groups excluding carboxylic acids is 2. The molecule has 2 heterocycles. The molecule has 0 aliphatic carbocycles. The molecule has 0 radical (unpaired) electrons. The highest BCUT2D eigenvalue weighted by molar-refractivity contribution is 5.87. The molecule has 128 valence electrons. The lowest BCUT2D eigenvalue weighted by Crippen LogP contribution is -2.28. The number of aromatic nitrogens is 3. The van der Waals surface area contributed by atoms with Crippen LogP contribution < -0.4 is 15.1 Å². The predicted octanol–water partition coefficient (Wildman–Crippen LogP) is 1.07. The molecule has 0 saturated carbocycles. The zero-order chi connectivity index (χ0) is 17.6. The van der Waals surface area contributed by atoms with Gasteiger partial charge in [-0.2, -0.15) is 0 Å². The van der Waals surface area contributed by atoms with Gasteiger partial charge in [-0.15, -0.1) is 0 Å². The van der Waals surface area contributed by atoms with E-state index in [-0.39, 0.29) is 23.6 Å². The lowest BCUT2D eigenvalue weighted by atomic mass is 10.3. The first-order valence-electron chi connectivity index (χ1n) is 7.22. The van der Waals surface area contributed by atoms with Gasteiger partial charge >= 0.3 is 6.09 Å². The van der Waals surface area contributed by atoms with E-state index in [1.807, 2.05) is 0 Å². The largest absolute Gasteiger partial charge is 0.447 e. The predicted molar refractivity (Wildman–Crippen MR) is 85.6 cm³/mol. The van der Waals surface area contributed by atoms with Crippen LogP contribution in [0.4, 0.5) is 16.2 Å². The van der Waals surface area contributed by atoms with Crippen molar-refractivity contribution in [2.75, 3.05) is 23.4 Å². The third-order valence-electron chi connectivity index (χ3n) is 3.30. The quantitative estimate of drug-likeness (QED) is 0.524. The number of benzene rings is 1. The van der Waals surface area contributed by atoms with E-state index in [1.165, 1.54) is 23.2 Å². The van der Waals surface area contributed by atoms with Crippen LogP contribution in [0, 0.1) is 5.21 Å². The molecular formula is C15H13N5O5. The van der Waals surface area contributed by atoms with Gasteiger partial charge in [-0.25, -0.2) is 4.79 Å². The summed E-state index contributed by atoms with van der Waals surface area (Å²) in [6.07, 6.45) is 3.03. The Kier molecular flexibility index (Phi) is 4.69. The van der Waals surface area contributed by atoms with Gasteiger partial charge in [0.05, 0.1) is 18.4 Å². The van der Waals surface area contributed by atoms with E-state index in [2.05, 4.69) is 20.1 Å². The fraction of sp³-hybridized carbons (Fsp3) is 0.133. The summed E-state index contributed by atoms with van der Waals surface area (Å²) < 4.78 is 9.47. The molecule has 10 nitrogen and oxygen atoms in total. The van der Waals surface area contributed by atoms with Crippen molar-refractivity contribution >= 4 is 34.9 Å². The molecule has 1 aromatic carbocycles. The van der Waals surface area contributed by atoms with Crippen LogP contribution in [-0.2, 0) is 9.53 Å². The molecule has 3 aromatic rings. The average Bonchev–Trinajstić information content (AvgIpc) is 3.00. The van der Waals surface area contributed by atoms with Gasteiger partial charge in [0, 0.05) is 23.1 Å². The van der Waals surface area contributed by atoms with E-state index in [0.717, 1.165) is 0 Å². The normalized spacial score (nSPS) is 10.4. The molecular weight excluding hydrogens is 330 g/mol. The van der Waals surface area contributed by atoms with E-state index < -0.39 is 6.09 Å². The molecule has 0 spiro atoms. The zero-order valence-electron chi connectivity index (χ0n) is 12.9. The van der Waals surface area contributed by atoms with Crippen LogP contribution >= 0.6 is 0 Å². The summed E-state index contributed by atoms with van der Waals surface area (Å²) in [7, 11) is 0. The van der Waals surface area contributed by atoms with Crippen LogP contribution in [0.5, 0.6) is 0 Å². The number of anilines is 2. The number of pyridine rings is 1. The van der Waals surface area contributed by atoms with E-state index in [0.29, 0.717) is 23.3 Å². The molecule has 0 aliphatic rings. The fourth-order valence-corrected chi connectivity index (χ4v) is 2.11. The van der Waals surface area contributed by atoms with Crippen LogP contribution in [0.3, 0.4) is 0 Å².